The minimum absolute atomic E-state index is 0.131. The number of benzene rings is 1. The minimum atomic E-state index is -0.547. The zero-order chi connectivity index (χ0) is 16.7. The molecule has 0 aliphatic carbocycles. The normalized spacial score (nSPS) is 30.5. The number of aliphatic hydroxyl groups is 1. The third-order valence-electron chi connectivity index (χ3n) is 5.34. The number of hydrogen-bond donors (Lipinski definition) is 2. The number of halogens is 1. The van der Waals surface area contributed by atoms with E-state index in [1.807, 2.05) is 19.2 Å². The standard InChI is InChI=1S/C18H22FN3O2/c1-12-15(7-20-21-12)8-22-9-17(23)18(11-22)6-14(10-24-18)13-3-2-4-16(19)5-13/h2-5,7,14,17,23H,6,8-11H2,1H3,(H,20,21)/t14-,17-,18-/m1/s1. The van der Waals surface area contributed by atoms with Gasteiger partial charge in [0.25, 0.3) is 0 Å². The van der Waals surface area contributed by atoms with Crippen LogP contribution in [-0.2, 0) is 11.3 Å². The fourth-order valence-electron chi connectivity index (χ4n) is 3.97. The lowest BCUT2D eigenvalue weighted by Gasteiger charge is -2.26. The number of aromatic amines is 1. The Balaban J connectivity index is 1.47. The summed E-state index contributed by atoms with van der Waals surface area (Å²) in [6.07, 6.45) is 2.03. The summed E-state index contributed by atoms with van der Waals surface area (Å²) >= 11 is 0. The van der Waals surface area contributed by atoms with Gasteiger partial charge in [-0.3, -0.25) is 10.00 Å². The molecular formula is C18H22FN3O2. The van der Waals surface area contributed by atoms with Crippen molar-refractivity contribution < 1.29 is 14.2 Å². The highest BCUT2D eigenvalue weighted by molar-refractivity contribution is 5.24. The number of aromatic nitrogens is 2. The molecule has 1 aromatic heterocycles. The summed E-state index contributed by atoms with van der Waals surface area (Å²) in [5.74, 6) is -0.0940. The fraction of sp³-hybridized carbons (Fsp3) is 0.500. The highest BCUT2D eigenvalue weighted by Crippen LogP contribution is 2.42. The smallest absolute Gasteiger partial charge is 0.123 e. The van der Waals surface area contributed by atoms with Gasteiger partial charge in [0.05, 0.1) is 18.9 Å². The lowest BCUT2D eigenvalue weighted by Crippen LogP contribution is -2.41. The van der Waals surface area contributed by atoms with Crippen molar-refractivity contribution in [1.82, 2.24) is 15.1 Å². The number of rotatable bonds is 3. The second kappa shape index (κ2) is 5.95. The summed E-state index contributed by atoms with van der Waals surface area (Å²) in [5, 5.41) is 17.6. The van der Waals surface area contributed by atoms with Crippen LogP contribution in [0.2, 0.25) is 0 Å². The van der Waals surface area contributed by atoms with Gasteiger partial charge in [0, 0.05) is 36.8 Å². The Morgan fingerprint density at radius 3 is 3.12 bits per heavy atom. The summed E-state index contributed by atoms with van der Waals surface area (Å²) in [4.78, 5) is 2.20. The lowest BCUT2D eigenvalue weighted by atomic mass is 9.87. The molecule has 2 fully saturated rings. The molecule has 5 nitrogen and oxygen atoms in total. The number of β-amino-alcohol motifs (C(OH)–C–C–N with tert-alkyl or cyclic N) is 1. The van der Waals surface area contributed by atoms with E-state index in [4.69, 9.17) is 4.74 Å². The molecule has 4 rings (SSSR count). The molecule has 2 aliphatic rings. The van der Waals surface area contributed by atoms with Crippen LogP contribution in [-0.4, -0.2) is 51.6 Å². The van der Waals surface area contributed by atoms with Crippen LogP contribution in [0.15, 0.2) is 30.5 Å². The average Bonchev–Trinajstić information content (AvgIpc) is 3.23. The van der Waals surface area contributed by atoms with Gasteiger partial charge in [0.1, 0.15) is 11.4 Å². The summed E-state index contributed by atoms with van der Waals surface area (Å²) in [6, 6.07) is 6.69. The molecule has 0 radical (unpaired) electrons. The van der Waals surface area contributed by atoms with Crippen molar-refractivity contribution in [2.75, 3.05) is 19.7 Å². The first-order chi connectivity index (χ1) is 11.6. The second-order valence-electron chi connectivity index (χ2n) is 7.04. The fourth-order valence-corrected chi connectivity index (χ4v) is 3.97. The van der Waals surface area contributed by atoms with E-state index in [1.54, 1.807) is 12.1 Å². The van der Waals surface area contributed by atoms with Gasteiger partial charge in [0.15, 0.2) is 0 Å². The predicted octanol–water partition coefficient (Wildman–Crippen LogP) is 1.98. The van der Waals surface area contributed by atoms with Gasteiger partial charge in [-0.25, -0.2) is 4.39 Å². The molecule has 6 heteroatoms. The molecule has 2 N–H and O–H groups in total. The first-order valence-electron chi connectivity index (χ1n) is 8.34. The Hall–Kier alpha value is -1.76. The van der Waals surface area contributed by atoms with Crippen LogP contribution in [0.3, 0.4) is 0 Å². The Morgan fingerprint density at radius 1 is 1.50 bits per heavy atom. The molecule has 1 aromatic carbocycles. The maximum Gasteiger partial charge on any atom is 0.123 e. The van der Waals surface area contributed by atoms with Crippen LogP contribution in [0.1, 0.15) is 29.2 Å². The molecule has 2 aromatic rings. The first kappa shape index (κ1) is 15.7. The van der Waals surface area contributed by atoms with Crippen LogP contribution < -0.4 is 0 Å². The van der Waals surface area contributed by atoms with Crippen LogP contribution >= 0.6 is 0 Å². The number of ether oxygens (including phenoxy) is 1. The summed E-state index contributed by atoms with van der Waals surface area (Å²) < 4.78 is 19.5. The average molecular weight is 331 g/mol. The number of H-pyrrole nitrogens is 1. The Morgan fingerprint density at radius 2 is 2.38 bits per heavy atom. The first-order valence-corrected chi connectivity index (χ1v) is 8.34. The lowest BCUT2D eigenvalue weighted by molar-refractivity contribution is -0.0594. The van der Waals surface area contributed by atoms with Gasteiger partial charge in [0.2, 0.25) is 0 Å². The third kappa shape index (κ3) is 2.75. The van der Waals surface area contributed by atoms with E-state index >= 15 is 0 Å². The third-order valence-corrected chi connectivity index (χ3v) is 5.34. The van der Waals surface area contributed by atoms with E-state index in [2.05, 4.69) is 15.1 Å². The van der Waals surface area contributed by atoms with Gasteiger partial charge in [-0.2, -0.15) is 5.10 Å². The van der Waals surface area contributed by atoms with Crippen molar-refractivity contribution in [3.05, 3.63) is 53.1 Å². The number of nitrogens with one attached hydrogen (secondary N) is 1. The molecular weight excluding hydrogens is 309 g/mol. The van der Waals surface area contributed by atoms with E-state index in [0.717, 1.165) is 29.8 Å². The summed E-state index contributed by atoms with van der Waals surface area (Å²) in [5.41, 5.74) is 2.59. The molecule has 3 heterocycles. The van der Waals surface area contributed by atoms with Crippen LogP contribution in [0.4, 0.5) is 4.39 Å². The van der Waals surface area contributed by atoms with Gasteiger partial charge in [-0.05, 0) is 31.0 Å². The molecule has 0 saturated carbocycles. The monoisotopic (exact) mass is 331 g/mol. The van der Waals surface area contributed by atoms with Crippen molar-refractivity contribution in [2.24, 2.45) is 0 Å². The van der Waals surface area contributed by atoms with E-state index < -0.39 is 11.7 Å². The van der Waals surface area contributed by atoms with Gasteiger partial charge < -0.3 is 9.84 Å². The summed E-state index contributed by atoms with van der Waals surface area (Å²) in [6.45, 7) is 4.54. The zero-order valence-corrected chi connectivity index (χ0v) is 13.7. The van der Waals surface area contributed by atoms with Crippen molar-refractivity contribution in [3.8, 4) is 0 Å². The zero-order valence-electron chi connectivity index (χ0n) is 13.7. The molecule has 128 valence electrons. The highest BCUT2D eigenvalue weighted by atomic mass is 19.1. The Kier molecular flexibility index (Phi) is 3.90. The number of hydrogen-bond acceptors (Lipinski definition) is 4. The van der Waals surface area contributed by atoms with Gasteiger partial charge in [-0.1, -0.05) is 12.1 Å². The molecule has 1 spiro atoms. The van der Waals surface area contributed by atoms with Crippen molar-refractivity contribution >= 4 is 0 Å². The molecule has 24 heavy (non-hydrogen) atoms. The Labute approximate surface area is 140 Å². The SMILES string of the molecule is Cc1[nH]ncc1CN1C[C@@H](O)[C@@]2(C[C@@H](c3cccc(F)c3)CO2)C1. The molecule has 3 atom stereocenters. The summed E-state index contributed by atoms with van der Waals surface area (Å²) in [7, 11) is 0. The predicted molar refractivity (Wildman–Crippen MR) is 87.0 cm³/mol. The van der Waals surface area contributed by atoms with Crippen molar-refractivity contribution in [1.29, 1.82) is 0 Å². The van der Waals surface area contributed by atoms with Crippen molar-refractivity contribution in [3.63, 3.8) is 0 Å². The number of nitrogens with zero attached hydrogens (tertiary/aromatic N) is 2. The molecule has 0 unspecified atom stereocenters. The van der Waals surface area contributed by atoms with Gasteiger partial charge >= 0.3 is 0 Å². The quantitative estimate of drug-likeness (QED) is 0.903. The molecule has 0 bridgehead atoms. The number of aryl methyl sites for hydroxylation is 1. The van der Waals surface area contributed by atoms with Crippen LogP contribution in [0, 0.1) is 12.7 Å². The maximum absolute atomic E-state index is 13.5. The number of likely N-dealkylation sites (tertiary alicyclic amines) is 1. The topological polar surface area (TPSA) is 61.4 Å². The van der Waals surface area contributed by atoms with E-state index in [1.165, 1.54) is 6.07 Å². The molecule has 2 aliphatic heterocycles. The van der Waals surface area contributed by atoms with E-state index in [0.29, 0.717) is 19.7 Å². The highest BCUT2D eigenvalue weighted by Gasteiger charge is 2.52. The Bertz CT molecular complexity index is 735. The van der Waals surface area contributed by atoms with Gasteiger partial charge in [-0.15, -0.1) is 0 Å². The van der Waals surface area contributed by atoms with E-state index in [9.17, 15) is 9.50 Å². The molecule has 2 saturated heterocycles. The van der Waals surface area contributed by atoms with Crippen LogP contribution in [0.5, 0.6) is 0 Å². The van der Waals surface area contributed by atoms with Crippen molar-refractivity contribution in [2.45, 2.75) is 37.5 Å². The molecule has 0 amide bonds. The minimum Gasteiger partial charge on any atom is -0.389 e. The number of aliphatic hydroxyl groups excluding tert-OH is 1. The largest absolute Gasteiger partial charge is 0.389 e. The second-order valence-corrected chi connectivity index (χ2v) is 7.04. The maximum atomic E-state index is 13.5. The van der Waals surface area contributed by atoms with Crippen LogP contribution in [0.25, 0.3) is 0 Å². The van der Waals surface area contributed by atoms with E-state index in [-0.39, 0.29) is 11.7 Å².